The number of rotatable bonds is 9. The van der Waals surface area contributed by atoms with Gasteiger partial charge in [0.05, 0.1) is 19.3 Å². The zero-order valence-corrected chi connectivity index (χ0v) is 17.3. The van der Waals surface area contributed by atoms with Crippen molar-refractivity contribution in [1.82, 2.24) is 10.6 Å². The van der Waals surface area contributed by atoms with Crippen LogP contribution in [0.1, 0.15) is 51.4 Å². The van der Waals surface area contributed by atoms with Gasteiger partial charge < -0.3 is 19.5 Å². The van der Waals surface area contributed by atoms with Crippen molar-refractivity contribution in [2.24, 2.45) is 5.92 Å². The molecule has 0 aromatic heterocycles. The quantitative estimate of drug-likeness (QED) is 0.624. The predicted molar refractivity (Wildman–Crippen MR) is 105 cm³/mol. The van der Waals surface area contributed by atoms with Crippen molar-refractivity contribution in [3.63, 3.8) is 0 Å². The molecule has 0 saturated carbocycles. The van der Waals surface area contributed by atoms with Crippen LogP contribution in [0.25, 0.3) is 0 Å². The van der Waals surface area contributed by atoms with Gasteiger partial charge in [-0.3, -0.25) is 10.1 Å². The summed E-state index contributed by atoms with van der Waals surface area (Å²) in [7, 11) is 1.48. The van der Waals surface area contributed by atoms with E-state index in [2.05, 4.69) is 24.5 Å². The summed E-state index contributed by atoms with van der Waals surface area (Å²) in [6, 6.07) is 3.87. The molecule has 0 bridgehead atoms. The van der Waals surface area contributed by atoms with Crippen LogP contribution in [-0.2, 0) is 9.53 Å². The molecule has 0 spiro atoms. The number of esters is 1. The lowest BCUT2D eigenvalue weighted by atomic mass is 10.1. The molecule has 8 nitrogen and oxygen atoms in total. The minimum Gasteiger partial charge on any atom is -0.493 e. The smallest absolute Gasteiger partial charge is 0.339 e. The summed E-state index contributed by atoms with van der Waals surface area (Å²) in [5, 5.41) is 4.64. The molecule has 1 rings (SSSR count). The molecule has 0 fully saturated rings. The minimum absolute atomic E-state index is 0.126. The van der Waals surface area contributed by atoms with E-state index in [9.17, 15) is 14.4 Å². The van der Waals surface area contributed by atoms with Gasteiger partial charge in [-0.1, -0.05) is 13.8 Å². The van der Waals surface area contributed by atoms with Crippen molar-refractivity contribution in [2.75, 3.05) is 13.7 Å². The molecule has 1 unspecified atom stereocenters. The Bertz CT molecular complexity index is 687. The van der Waals surface area contributed by atoms with Crippen LogP contribution < -0.4 is 20.1 Å². The highest BCUT2D eigenvalue weighted by Gasteiger charge is 2.22. The number of nitrogens with one attached hydrogen (secondary N) is 2. The first-order valence-corrected chi connectivity index (χ1v) is 9.27. The standard InChI is InChI=1S/C20H30N2O6/c1-12(2)9-10-27-16-8-7-15(11-17(16)26-6)19(24)28-14(5)18(23)22-20(25)21-13(3)4/h7-8,11-14H,9-10H2,1-6H3,(H2,21,22,23,25). The average molecular weight is 394 g/mol. The van der Waals surface area contributed by atoms with Crippen molar-refractivity contribution in [2.45, 2.75) is 53.2 Å². The Morgan fingerprint density at radius 3 is 2.29 bits per heavy atom. The van der Waals surface area contributed by atoms with Gasteiger partial charge in [0.25, 0.3) is 5.91 Å². The molecule has 2 N–H and O–H groups in total. The Morgan fingerprint density at radius 1 is 1.04 bits per heavy atom. The second kappa shape index (κ2) is 11.2. The maximum Gasteiger partial charge on any atom is 0.339 e. The van der Waals surface area contributed by atoms with Gasteiger partial charge in [0.15, 0.2) is 17.6 Å². The largest absolute Gasteiger partial charge is 0.493 e. The lowest BCUT2D eigenvalue weighted by Crippen LogP contribution is -2.46. The lowest BCUT2D eigenvalue weighted by Gasteiger charge is -2.15. The van der Waals surface area contributed by atoms with Gasteiger partial charge in [0.2, 0.25) is 0 Å². The molecule has 0 saturated heterocycles. The highest BCUT2D eigenvalue weighted by Crippen LogP contribution is 2.28. The van der Waals surface area contributed by atoms with Crippen molar-refractivity contribution in [1.29, 1.82) is 0 Å². The van der Waals surface area contributed by atoms with E-state index in [1.165, 1.54) is 26.2 Å². The molecule has 0 aliphatic rings. The van der Waals surface area contributed by atoms with E-state index in [-0.39, 0.29) is 11.6 Å². The van der Waals surface area contributed by atoms with Gasteiger partial charge in [-0.25, -0.2) is 9.59 Å². The molecule has 8 heteroatoms. The number of urea groups is 1. The molecule has 156 valence electrons. The molecule has 0 aliphatic heterocycles. The van der Waals surface area contributed by atoms with Crippen molar-refractivity contribution >= 4 is 17.9 Å². The number of carbonyl (C=O) groups excluding carboxylic acids is 3. The van der Waals surface area contributed by atoms with Crippen molar-refractivity contribution in [3.05, 3.63) is 23.8 Å². The first kappa shape index (κ1) is 23.3. The zero-order valence-electron chi connectivity index (χ0n) is 17.3. The Labute approximate surface area is 165 Å². The molecular formula is C20H30N2O6. The fourth-order valence-corrected chi connectivity index (χ4v) is 2.11. The van der Waals surface area contributed by atoms with E-state index >= 15 is 0 Å². The van der Waals surface area contributed by atoms with Crippen LogP contribution in [-0.4, -0.2) is 43.8 Å². The Kier molecular flexibility index (Phi) is 9.27. The first-order chi connectivity index (χ1) is 13.1. The summed E-state index contributed by atoms with van der Waals surface area (Å²) in [5.41, 5.74) is 0.208. The zero-order chi connectivity index (χ0) is 21.3. The molecule has 0 radical (unpaired) electrons. The van der Waals surface area contributed by atoms with E-state index < -0.39 is 24.0 Å². The van der Waals surface area contributed by atoms with Crippen LogP contribution in [0.15, 0.2) is 18.2 Å². The van der Waals surface area contributed by atoms with Gasteiger partial charge in [-0.15, -0.1) is 0 Å². The van der Waals surface area contributed by atoms with Gasteiger partial charge in [0.1, 0.15) is 0 Å². The highest BCUT2D eigenvalue weighted by atomic mass is 16.5. The molecular weight excluding hydrogens is 364 g/mol. The molecule has 28 heavy (non-hydrogen) atoms. The monoisotopic (exact) mass is 394 g/mol. The fraction of sp³-hybridized carbons (Fsp3) is 0.550. The number of methoxy groups -OCH3 is 1. The second-order valence-corrected chi connectivity index (χ2v) is 7.06. The summed E-state index contributed by atoms with van der Waals surface area (Å²) < 4.78 is 16.1. The third kappa shape index (κ3) is 7.85. The van der Waals surface area contributed by atoms with E-state index in [0.717, 1.165) is 6.42 Å². The fourth-order valence-electron chi connectivity index (χ4n) is 2.11. The van der Waals surface area contributed by atoms with E-state index in [1.807, 2.05) is 0 Å². The van der Waals surface area contributed by atoms with E-state index in [0.29, 0.717) is 24.0 Å². The molecule has 1 aromatic rings. The third-order valence-corrected chi connectivity index (χ3v) is 3.66. The number of hydrogen-bond donors (Lipinski definition) is 2. The van der Waals surface area contributed by atoms with Crippen LogP contribution in [0.4, 0.5) is 4.79 Å². The number of amides is 3. The van der Waals surface area contributed by atoms with Crippen LogP contribution >= 0.6 is 0 Å². The maximum atomic E-state index is 12.3. The summed E-state index contributed by atoms with van der Waals surface area (Å²) >= 11 is 0. The topological polar surface area (TPSA) is 103 Å². The lowest BCUT2D eigenvalue weighted by molar-refractivity contribution is -0.127. The van der Waals surface area contributed by atoms with Gasteiger partial charge in [-0.05, 0) is 51.3 Å². The number of hydrogen-bond acceptors (Lipinski definition) is 6. The third-order valence-electron chi connectivity index (χ3n) is 3.66. The molecule has 0 heterocycles. The maximum absolute atomic E-state index is 12.3. The highest BCUT2D eigenvalue weighted by molar-refractivity contribution is 5.98. The van der Waals surface area contributed by atoms with Crippen molar-refractivity contribution in [3.8, 4) is 11.5 Å². The molecule has 0 aliphatic carbocycles. The van der Waals surface area contributed by atoms with Gasteiger partial charge >= 0.3 is 12.0 Å². The number of ether oxygens (including phenoxy) is 3. The number of benzene rings is 1. The van der Waals surface area contributed by atoms with Crippen LogP contribution in [0.2, 0.25) is 0 Å². The number of imide groups is 1. The van der Waals surface area contributed by atoms with E-state index in [4.69, 9.17) is 14.2 Å². The van der Waals surface area contributed by atoms with E-state index in [1.54, 1.807) is 19.9 Å². The van der Waals surface area contributed by atoms with Gasteiger partial charge in [0, 0.05) is 6.04 Å². The number of carbonyl (C=O) groups is 3. The first-order valence-electron chi connectivity index (χ1n) is 9.27. The Balaban J connectivity index is 2.70. The second-order valence-electron chi connectivity index (χ2n) is 7.06. The Hall–Kier alpha value is -2.77. The normalized spacial score (nSPS) is 11.7. The summed E-state index contributed by atoms with van der Waals surface area (Å²) in [4.78, 5) is 35.8. The van der Waals surface area contributed by atoms with Crippen molar-refractivity contribution < 1.29 is 28.6 Å². The van der Waals surface area contributed by atoms with Crippen LogP contribution in [0, 0.1) is 5.92 Å². The summed E-state index contributed by atoms with van der Waals surface area (Å²) in [6.45, 7) is 9.64. The molecule has 1 atom stereocenters. The summed E-state index contributed by atoms with van der Waals surface area (Å²) in [5.74, 6) is 0.00372. The minimum atomic E-state index is -1.14. The van der Waals surface area contributed by atoms with Gasteiger partial charge in [-0.2, -0.15) is 0 Å². The molecule has 3 amide bonds. The molecule has 1 aromatic carbocycles. The summed E-state index contributed by atoms with van der Waals surface area (Å²) in [6.07, 6.45) is -0.248. The van der Waals surface area contributed by atoms with Crippen LogP contribution in [0.3, 0.4) is 0 Å². The SMILES string of the molecule is COc1cc(C(=O)OC(C)C(=O)NC(=O)NC(C)C)ccc1OCCC(C)C. The predicted octanol–water partition coefficient (Wildman–Crippen LogP) is 2.90. The van der Waals surface area contributed by atoms with Crippen LogP contribution in [0.5, 0.6) is 11.5 Å². The average Bonchev–Trinajstić information content (AvgIpc) is 2.60. The Morgan fingerprint density at radius 2 is 1.71 bits per heavy atom.